The lowest BCUT2D eigenvalue weighted by Crippen LogP contribution is -2.39. The summed E-state index contributed by atoms with van der Waals surface area (Å²) in [6.07, 6.45) is 1.07. The quantitative estimate of drug-likeness (QED) is 0.245. The number of hydrogen-bond donors (Lipinski definition) is 0. The van der Waals surface area contributed by atoms with Crippen LogP contribution >= 0.6 is 23.2 Å². The fraction of sp³-hybridized carbons (Fsp3) is 0.364. The molecule has 1 saturated heterocycles. The van der Waals surface area contributed by atoms with Crippen molar-refractivity contribution in [3.63, 3.8) is 0 Å². The molecule has 0 unspecified atom stereocenters. The molecular formula is C22H22Cl2N2O5. The summed E-state index contributed by atoms with van der Waals surface area (Å²) in [6, 6.07) is 8.60. The summed E-state index contributed by atoms with van der Waals surface area (Å²) in [5, 5.41) is 12.2. The van der Waals surface area contributed by atoms with Crippen LogP contribution < -0.4 is 4.90 Å². The molecule has 164 valence electrons. The minimum absolute atomic E-state index is 0.00972. The largest absolute Gasteiger partial charge is 0.454 e. The molecule has 0 saturated carbocycles. The molecule has 2 aromatic carbocycles. The van der Waals surface area contributed by atoms with E-state index in [1.165, 1.54) is 30.3 Å². The molecule has 0 N–H and O–H groups in total. The molecule has 2 atom stereocenters. The Labute approximate surface area is 190 Å². The first-order valence-corrected chi connectivity index (χ1v) is 10.6. The topological polar surface area (TPSA) is 89.8 Å². The van der Waals surface area contributed by atoms with Crippen molar-refractivity contribution in [2.75, 3.05) is 24.6 Å². The average Bonchev–Trinajstić information content (AvgIpc) is 2.72. The number of carbonyl (C=O) groups is 2. The maximum Gasteiger partial charge on any atom is 0.338 e. The Morgan fingerprint density at radius 1 is 1.06 bits per heavy atom. The van der Waals surface area contributed by atoms with Crippen LogP contribution in [-0.2, 0) is 4.74 Å². The first kappa shape index (κ1) is 23.0. The molecule has 2 aromatic rings. The van der Waals surface area contributed by atoms with E-state index in [1.54, 1.807) is 6.07 Å². The zero-order valence-electron chi connectivity index (χ0n) is 17.1. The first-order valence-electron chi connectivity index (χ1n) is 9.84. The standard InChI is InChI=1S/C22H22Cl2N2O5/c1-13-7-14(2)11-25(10-13)19-6-4-16(9-20(19)26(29)30)22(28)31-12-21(27)15-3-5-17(23)18(24)8-15/h3-6,8-9,13-14H,7,10-12H2,1-2H3/t13-,14-/m0/s1. The maximum atomic E-state index is 12.4. The number of esters is 1. The molecule has 9 heteroatoms. The van der Waals surface area contributed by atoms with Crippen LogP contribution in [0.15, 0.2) is 36.4 Å². The lowest BCUT2D eigenvalue weighted by atomic mass is 9.91. The Kier molecular flexibility index (Phi) is 7.18. The second-order valence-corrected chi connectivity index (χ2v) is 8.75. The minimum Gasteiger partial charge on any atom is -0.454 e. The van der Waals surface area contributed by atoms with Crippen LogP contribution in [0.2, 0.25) is 10.0 Å². The number of Topliss-reactive ketones (excluding diaryl/α,β-unsaturated/α-hetero) is 1. The molecule has 0 aromatic heterocycles. The van der Waals surface area contributed by atoms with Gasteiger partial charge in [0.15, 0.2) is 12.4 Å². The summed E-state index contributed by atoms with van der Waals surface area (Å²) in [5.74, 6) is -0.446. The number of hydrogen-bond acceptors (Lipinski definition) is 6. The van der Waals surface area contributed by atoms with Crippen LogP contribution in [0.4, 0.5) is 11.4 Å². The van der Waals surface area contributed by atoms with Gasteiger partial charge in [-0.05, 0) is 48.6 Å². The van der Waals surface area contributed by atoms with Crippen LogP contribution in [0.5, 0.6) is 0 Å². The number of nitrogens with zero attached hydrogens (tertiary/aromatic N) is 2. The molecule has 0 radical (unpaired) electrons. The van der Waals surface area contributed by atoms with Gasteiger partial charge in [0.05, 0.1) is 20.5 Å². The SMILES string of the molecule is C[C@H]1C[C@H](C)CN(c2ccc(C(=O)OCC(=O)c3ccc(Cl)c(Cl)c3)cc2[N+](=O)[O-])C1. The monoisotopic (exact) mass is 464 g/mol. The van der Waals surface area contributed by atoms with Gasteiger partial charge < -0.3 is 9.64 Å². The van der Waals surface area contributed by atoms with Crippen molar-refractivity contribution < 1.29 is 19.2 Å². The van der Waals surface area contributed by atoms with Crippen LogP contribution in [0.1, 0.15) is 41.0 Å². The molecule has 1 aliphatic rings. The summed E-state index contributed by atoms with van der Waals surface area (Å²) in [7, 11) is 0. The van der Waals surface area contributed by atoms with Gasteiger partial charge >= 0.3 is 5.97 Å². The van der Waals surface area contributed by atoms with Gasteiger partial charge in [0.2, 0.25) is 0 Å². The number of carbonyl (C=O) groups excluding carboxylic acids is 2. The molecule has 0 amide bonds. The van der Waals surface area contributed by atoms with Crippen molar-refractivity contribution in [1.29, 1.82) is 0 Å². The lowest BCUT2D eigenvalue weighted by Gasteiger charge is -2.36. The summed E-state index contributed by atoms with van der Waals surface area (Å²) in [6.45, 7) is 5.14. The average molecular weight is 465 g/mol. The normalized spacial score (nSPS) is 18.5. The number of nitro benzene ring substituents is 1. The third-order valence-electron chi connectivity index (χ3n) is 5.19. The van der Waals surface area contributed by atoms with Gasteiger partial charge in [-0.15, -0.1) is 0 Å². The molecule has 1 fully saturated rings. The highest BCUT2D eigenvalue weighted by atomic mass is 35.5. The van der Waals surface area contributed by atoms with E-state index in [2.05, 4.69) is 13.8 Å². The predicted octanol–water partition coefficient (Wildman–Crippen LogP) is 5.42. The van der Waals surface area contributed by atoms with Crippen LogP contribution in [-0.4, -0.2) is 36.4 Å². The van der Waals surface area contributed by atoms with Gasteiger partial charge in [-0.1, -0.05) is 37.0 Å². The van der Waals surface area contributed by atoms with Crippen molar-refractivity contribution in [2.24, 2.45) is 11.8 Å². The third kappa shape index (κ3) is 5.54. The second-order valence-electron chi connectivity index (χ2n) is 7.94. The van der Waals surface area contributed by atoms with Crippen molar-refractivity contribution in [3.05, 3.63) is 67.7 Å². The van der Waals surface area contributed by atoms with Crippen LogP contribution in [0.25, 0.3) is 0 Å². The van der Waals surface area contributed by atoms with Gasteiger partial charge in [0.25, 0.3) is 5.69 Å². The minimum atomic E-state index is -0.816. The second kappa shape index (κ2) is 9.66. The highest BCUT2D eigenvalue weighted by Gasteiger charge is 2.28. The van der Waals surface area contributed by atoms with Gasteiger partial charge in [0, 0.05) is 24.7 Å². The molecule has 0 bridgehead atoms. The van der Waals surface area contributed by atoms with Crippen molar-refractivity contribution in [2.45, 2.75) is 20.3 Å². The Morgan fingerprint density at radius 2 is 1.71 bits per heavy atom. The van der Waals surface area contributed by atoms with E-state index < -0.39 is 23.3 Å². The Bertz CT molecular complexity index is 1020. The highest BCUT2D eigenvalue weighted by Crippen LogP contribution is 2.34. The number of ketones is 1. The zero-order valence-corrected chi connectivity index (χ0v) is 18.7. The molecule has 3 rings (SSSR count). The number of benzene rings is 2. The highest BCUT2D eigenvalue weighted by molar-refractivity contribution is 6.42. The smallest absolute Gasteiger partial charge is 0.338 e. The van der Waals surface area contributed by atoms with Gasteiger partial charge in [0.1, 0.15) is 5.69 Å². The van der Waals surface area contributed by atoms with Crippen LogP contribution in [0.3, 0.4) is 0 Å². The fourth-order valence-electron chi connectivity index (χ4n) is 3.89. The van der Waals surface area contributed by atoms with E-state index in [0.29, 0.717) is 35.6 Å². The molecule has 7 nitrogen and oxygen atoms in total. The van der Waals surface area contributed by atoms with Crippen molar-refractivity contribution >= 4 is 46.3 Å². The van der Waals surface area contributed by atoms with E-state index in [1.807, 2.05) is 4.90 Å². The van der Waals surface area contributed by atoms with Crippen molar-refractivity contribution in [3.8, 4) is 0 Å². The summed E-state index contributed by atoms with van der Waals surface area (Å²) < 4.78 is 5.07. The predicted molar refractivity (Wildman–Crippen MR) is 119 cm³/mol. The molecule has 0 aliphatic carbocycles. The van der Waals surface area contributed by atoms with E-state index in [4.69, 9.17) is 27.9 Å². The number of ether oxygens (including phenoxy) is 1. The fourth-order valence-corrected chi connectivity index (χ4v) is 4.19. The lowest BCUT2D eigenvalue weighted by molar-refractivity contribution is -0.384. The summed E-state index contributed by atoms with van der Waals surface area (Å²) >= 11 is 11.7. The number of nitro groups is 1. The van der Waals surface area contributed by atoms with Crippen molar-refractivity contribution in [1.82, 2.24) is 0 Å². The Balaban J connectivity index is 1.74. The number of rotatable bonds is 6. The van der Waals surface area contributed by atoms with E-state index in [0.717, 1.165) is 6.42 Å². The van der Waals surface area contributed by atoms with Crippen LogP contribution in [0, 0.1) is 22.0 Å². The Hall–Kier alpha value is -2.64. The zero-order chi connectivity index (χ0) is 22.7. The maximum absolute atomic E-state index is 12.4. The van der Waals surface area contributed by atoms with E-state index in [9.17, 15) is 19.7 Å². The number of anilines is 1. The van der Waals surface area contributed by atoms with E-state index >= 15 is 0 Å². The molecule has 0 spiro atoms. The van der Waals surface area contributed by atoms with Gasteiger partial charge in [-0.25, -0.2) is 4.79 Å². The molecule has 1 heterocycles. The van der Waals surface area contributed by atoms with E-state index in [-0.39, 0.29) is 21.8 Å². The Morgan fingerprint density at radius 3 is 2.32 bits per heavy atom. The molecule has 1 aliphatic heterocycles. The number of halogens is 2. The molecular weight excluding hydrogens is 443 g/mol. The molecule has 31 heavy (non-hydrogen) atoms. The summed E-state index contributed by atoms with van der Waals surface area (Å²) in [4.78, 5) is 37.8. The first-order chi connectivity index (χ1) is 14.7. The van der Waals surface area contributed by atoms with Gasteiger partial charge in [-0.2, -0.15) is 0 Å². The number of piperidine rings is 1. The third-order valence-corrected chi connectivity index (χ3v) is 5.93. The van der Waals surface area contributed by atoms with Gasteiger partial charge in [-0.3, -0.25) is 14.9 Å². The summed E-state index contributed by atoms with van der Waals surface area (Å²) in [5.41, 5.74) is 0.575.